The van der Waals surface area contributed by atoms with Crippen molar-refractivity contribution in [2.24, 2.45) is 11.7 Å². The van der Waals surface area contributed by atoms with Crippen LogP contribution < -0.4 is 16.8 Å². The number of aromatic nitrogens is 2. The molecule has 1 aromatic heterocycles. The zero-order chi connectivity index (χ0) is 23.7. The average Bonchev–Trinajstić information content (AvgIpc) is 3.04. The van der Waals surface area contributed by atoms with Gasteiger partial charge in [-0.25, -0.2) is 23.1 Å². The Morgan fingerprint density at radius 1 is 1.12 bits per heavy atom. The van der Waals surface area contributed by atoms with Gasteiger partial charge in [0.25, 0.3) is 5.91 Å². The van der Waals surface area contributed by atoms with Crippen LogP contribution in [0.4, 0.5) is 19.1 Å². The van der Waals surface area contributed by atoms with Gasteiger partial charge >= 0.3 is 0 Å². The van der Waals surface area contributed by atoms with E-state index in [1.54, 1.807) is 4.90 Å². The van der Waals surface area contributed by atoms with Crippen molar-refractivity contribution < 1.29 is 22.8 Å². The summed E-state index contributed by atoms with van der Waals surface area (Å²) in [6.45, 7) is -0.174. The molecule has 0 aliphatic carbocycles. The largest absolute Gasteiger partial charge is 0.368 e. The molecule has 2 fully saturated rings. The van der Waals surface area contributed by atoms with E-state index in [1.807, 2.05) is 0 Å². The van der Waals surface area contributed by atoms with Gasteiger partial charge < -0.3 is 21.7 Å². The molecule has 3 heterocycles. The number of nitrogens with two attached hydrogens (primary N) is 2. The topological polar surface area (TPSA) is 127 Å². The highest BCUT2D eigenvalue weighted by molar-refractivity contribution is 5.95. The minimum Gasteiger partial charge on any atom is -0.368 e. The molecule has 1 aromatic carbocycles. The molecule has 2 aliphatic rings. The van der Waals surface area contributed by atoms with Crippen LogP contribution in [-0.2, 0) is 11.2 Å². The van der Waals surface area contributed by atoms with Crippen LogP contribution in [0.25, 0.3) is 0 Å². The number of halogens is 3. The Morgan fingerprint density at radius 2 is 1.79 bits per heavy atom. The number of hydrogen-bond acceptors (Lipinski definition) is 6. The molecular weight excluding hydrogens is 437 g/mol. The van der Waals surface area contributed by atoms with Crippen LogP contribution in [-0.4, -0.2) is 51.4 Å². The zero-order valence-corrected chi connectivity index (χ0v) is 17.8. The highest BCUT2D eigenvalue weighted by Crippen LogP contribution is 2.40. The molecule has 2 amide bonds. The fraction of sp³-hybridized carbons (Fsp3) is 0.455. The number of piperidine rings is 1. The van der Waals surface area contributed by atoms with Gasteiger partial charge in [-0.15, -0.1) is 0 Å². The van der Waals surface area contributed by atoms with Crippen molar-refractivity contribution in [1.29, 1.82) is 0 Å². The molecule has 5 N–H and O–H groups in total. The van der Waals surface area contributed by atoms with E-state index < -0.39 is 29.4 Å². The van der Waals surface area contributed by atoms with Gasteiger partial charge in [0.1, 0.15) is 11.5 Å². The maximum Gasteiger partial charge on any atom is 0.270 e. The molecule has 0 saturated carbocycles. The summed E-state index contributed by atoms with van der Waals surface area (Å²) in [6.07, 6.45) is 4.33. The number of rotatable bonds is 6. The molecular formula is C22H25F3N6O2. The number of fused-ring (bicyclic) bond motifs is 2. The Labute approximate surface area is 188 Å². The quantitative estimate of drug-likeness (QED) is 0.559. The monoisotopic (exact) mass is 462 g/mol. The lowest BCUT2D eigenvalue weighted by molar-refractivity contribution is -0.135. The summed E-state index contributed by atoms with van der Waals surface area (Å²) in [5.74, 6) is -3.89. The maximum atomic E-state index is 14.0. The molecule has 33 heavy (non-hydrogen) atoms. The van der Waals surface area contributed by atoms with E-state index in [9.17, 15) is 22.8 Å². The highest BCUT2D eigenvalue weighted by atomic mass is 19.2. The molecule has 2 saturated heterocycles. The van der Waals surface area contributed by atoms with Crippen LogP contribution in [0.3, 0.4) is 0 Å². The molecule has 176 valence electrons. The van der Waals surface area contributed by atoms with Crippen molar-refractivity contribution in [2.45, 2.75) is 50.2 Å². The molecule has 4 rings (SSSR count). The second-order valence-electron chi connectivity index (χ2n) is 8.63. The molecule has 2 aliphatic heterocycles. The summed E-state index contributed by atoms with van der Waals surface area (Å²) in [6, 6.07) is 2.27. The van der Waals surface area contributed by atoms with Crippen molar-refractivity contribution in [3.63, 3.8) is 0 Å². The van der Waals surface area contributed by atoms with Crippen molar-refractivity contribution in [3.8, 4) is 0 Å². The SMILES string of the molecule is Nc1nccc(C(=O)NCC(=O)N2C3CCC2CC([C@H](N)Cc2cc(F)c(F)cc2F)C3)n1. The highest BCUT2D eigenvalue weighted by Gasteiger charge is 2.44. The van der Waals surface area contributed by atoms with E-state index in [1.165, 1.54) is 12.3 Å². The number of nitrogens with zero attached hydrogens (tertiary/aromatic N) is 3. The number of nitrogen functional groups attached to an aromatic ring is 1. The van der Waals surface area contributed by atoms with Crippen LogP contribution in [0.15, 0.2) is 24.4 Å². The first kappa shape index (κ1) is 23.0. The zero-order valence-electron chi connectivity index (χ0n) is 17.8. The first-order valence-corrected chi connectivity index (χ1v) is 10.8. The Hall–Kier alpha value is -3.21. The summed E-state index contributed by atoms with van der Waals surface area (Å²) >= 11 is 0. The molecule has 3 atom stereocenters. The summed E-state index contributed by atoms with van der Waals surface area (Å²) in [5.41, 5.74) is 11.9. The third-order valence-electron chi connectivity index (χ3n) is 6.51. The van der Waals surface area contributed by atoms with E-state index in [4.69, 9.17) is 11.5 Å². The predicted octanol–water partition coefficient (Wildman–Crippen LogP) is 1.55. The Morgan fingerprint density at radius 3 is 2.45 bits per heavy atom. The van der Waals surface area contributed by atoms with Crippen LogP contribution >= 0.6 is 0 Å². The van der Waals surface area contributed by atoms with Gasteiger partial charge in [-0.2, -0.15) is 0 Å². The van der Waals surface area contributed by atoms with Crippen molar-refractivity contribution >= 4 is 17.8 Å². The van der Waals surface area contributed by atoms with Gasteiger partial charge in [0.2, 0.25) is 11.9 Å². The lowest BCUT2D eigenvalue weighted by atomic mass is 9.82. The van der Waals surface area contributed by atoms with Gasteiger partial charge in [-0.3, -0.25) is 9.59 Å². The van der Waals surface area contributed by atoms with Crippen molar-refractivity contribution in [3.05, 3.63) is 53.1 Å². The third-order valence-corrected chi connectivity index (χ3v) is 6.51. The number of amides is 2. The van der Waals surface area contributed by atoms with E-state index in [0.717, 1.165) is 18.9 Å². The standard InChI is InChI=1S/C22H25F3N6O2/c23-15-9-17(25)16(24)7-11(15)8-18(26)12-5-13-1-2-14(6-12)31(13)20(32)10-29-21(33)19-3-4-28-22(27)30-19/h3-4,7,9,12-14,18H,1-2,5-6,8,10,26H2,(H,29,33)(H2,27,28,30)/t12?,13?,14?,18-/m1/s1. The molecule has 2 aromatic rings. The normalized spacial score (nSPS) is 22.8. The van der Waals surface area contributed by atoms with E-state index in [2.05, 4.69) is 15.3 Å². The Kier molecular flexibility index (Phi) is 6.50. The van der Waals surface area contributed by atoms with Gasteiger partial charge in [0.15, 0.2) is 11.6 Å². The van der Waals surface area contributed by atoms with Gasteiger partial charge in [0.05, 0.1) is 6.54 Å². The molecule has 11 heteroatoms. The van der Waals surface area contributed by atoms with E-state index in [-0.39, 0.29) is 54.1 Å². The molecule has 2 bridgehead atoms. The summed E-state index contributed by atoms with van der Waals surface area (Å²) in [7, 11) is 0. The van der Waals surface area contributed by atoms with Gasteiger partial charge in [-0.05, 0) is 55.7 Å². The molecule has 0 spiro atoms. The predicted molar refractivity (Wildman–Crippen MR) is 113 cm³/mol. The van der Waals surface area contributed by atoms with Crippen LogP contribution in [0.1, 0.15) is 41.7 Å². The summed E-state index contributed by atoms with van der Waals surface area (Å²) < 4.78 is 40.7. The fourth-order valence-corrected chi connectivity index (χ4v) is 4.95. The summed E-state index contributed by atoms with van der Waals surface area (Å²) in [4.78, 5) is 34.4. The van der Waals surface area contributed by atoms with Crippen LogP contribution in [0.2, 0.25) is 0 Å². The van der Waals surface area contributed by atoms with Gasteiger partial charge in [-0.1, -0.05) is 0 Å². The van der Waals surface area contributed by atoms with Crippen LogP contribution in [0.5, 0.6) is 0 Å². The number of nitrogens with one attached hydrogen (secondary N) is 1. The smallest absolute Gasteiger partial charge is 0.270 e. The average molecular weight is 462 g/mol. The van der Waals surface area contributed by atoms with E-state index in [0.29, 0.717) is 18.9 Å². The van der Waals surface area contributed by atoms with Crippen molar-refractivity contribution in [1.82, 2.24) is 20.2 Å². The number of benzene rings is 1. The minimum absolute atomic E-state index is 0.0117. The number of anilines is 1. The summed E-state index contributed by atoms with van der Waals surface area (Å²) in [5, 5.41) is 2.57. The first-order valence-electron chi connectivity index (χ1n) is 10.8. The first-order chi connectivity index (χ1) is 15.7. The molecule has 2 unspecified atom stereocenters. The van der Waals surface area contributed by atoms with Crippen LogP contribution in [0, 0.1) is 23.4 Å². The number of carbonyl (C=O) groups is 2. The fourth-order valence-electron chi connectivity index (χ4n) is 4.95. The Bertz CT molecular complexity index is 1050. The third kappa shape index (κ3) is 4.92. The molecule has 0 radical (unpaired) electrons. The van der Waals surface area contributed by atoms with Crippen molar-refractivity contribution in [2.75, 3.05) is 12.3 Å². The lowest BCUT2D eigenvalue weighted by Gasteiger charge is -2.41. The second kappa shape index (κ2) is 9.34. The second-order valence-corrected chi connectivity index (χ2v) is 8.63. The Balaban J connectivity index is 1.34. The van der Waals surface area contributed by atoms with Gasteiger partial charge in [0, 0.05) is 30.4 Å². The lowest BCUT2D eigenvalue weighted by Crippen LogP contribution is -2.52. The molecule has 8 nitrogen and oxygen atoms in total. The minimum atomic E-state index is -1.23. The number of hydrogen-bond donors (Lipinski definition) is 3. The number of carbonyl (C=O) groups excluding carboxylic acids is 2. The maximum absolute atomic E-state index is 14.0. The van der Waals surface area contributed by atoms with E-state index >= 15 is 0 Å².